The van der Waals surface area contributed by atoms with E-state index in [1.165, 1.54) is 45.9 Å². The number of esters is 2. The molecule has 2 atom stereocenters. The number of benzene rings is 3. The van der Waals surface area contributed by atoms with Crippen molar-refractivity contribution in [3.63, 3.8) is 0 Å². The molecular formula is C33H37N5O11. The maximum Gasteiger partial charge on any atom is 0.338 e. The fourth-order valence-electron chi connectivity index (χ4n) is 4.93. The minimum Gasteiger partial charge on any atom is -0.507 e. The van der Waals surface area contributed by atoms with Crippen LogP contribution in [-0.2, 0) is 38.2 Å². The summed E-state index contributed by atoms with van der Waals surface area (Å²) in [6, 6.07) is 9.15. The third-order valence-electron chi connectivity index (χ3n) is 7.60. The van der Waals surface area contributed by atoms with E-state index in [1.54, 1.807) is 24.3 Å². The van der Waals surface area contributed by atoms with Crippen molar-refractivity contribution < 1.29 is 52.9 Å². The highest BCUT2D eigenvalue weighted by Gasteiger charge is 2.39. The first kappa shape index (κ1) is 35.9. The summed E-state index contributed by atoms with van der Waals surface area (Å²) in [5, 5.41) is 24.4. The molecule has 0 radical (unpaired) electrons. The Labute approximate surface area is 280 Å². The van der Waals surface area contributed by atoms with E-state index in [4.69, 9.17) is 14.2 Å². The summed E-state index contributed by atoms with van der Waals surface area (Å²) in [6.45, 7) is 5.34. The molecule has 16 heteroatoms. The van der Waals surface area contributed by atoms with E-state index in [-0.39, 0.29) is 33.2 Å². The number of carbonyl (C=O) groups excluding carboxylic acids is 7. The largest absolute Gasteiger partial charge is 0.507 e. The van der Waals surface area contributed by atoms with Crippen LogP contribution in [0.2, 0.25) is 0 Å². The van der Waals surface area contributed by atoms with Gasteiger partial charge < -0.3 is 45.9 Å². The first-order valence-electron chi connectivity index (χ1n) is 15.0. The summed E-state index contributed by atoms with van der Waals surface area (Å²) >= 11 is 0. The number of ether oxygens (including phenoxy) is 3. The molecule has 5 amide bonds. The molecule has 3 aromatic carbocycles. The molecule has 6 N–H and O–H groups in total. The maximum absolute atomic E-state index is 13.6. The molecule has 0 aromatic heterocycles. The molecule has 0 saturated heterocycles. The number of hydrogen-bond donors (Lipinski definition) is 6. The van der Waals surface area contributed by atoms with Gasteiger partial charge in [0.2, 0.25) is 23.6 Å². The molecule has 4 bridgehead atoms. The molecule has 2 aliphatic rings. The number of rotatable bonds is 2. The van der Waals surface area contributed by atoms with Gasteiger partial charge in [0, 0.05) is 28.5 Å². The van der Waals surface area contributed by atoms with Crippen LogP contribution in [0.3, 0.4) is 0 Å². The second kappa shape index (κ2) is 14.0. The Bertz CT molecular complexity index is 1870. The van der Waals surface area contributed by atoms with Crippen LogP contribution in [0.15, 0.2) is 42.5 Å². The van der Waals surface area contributed by atoms with Gasteiger partial charge in [0.1, 0.15) is 29.2 Å². The zero-order valence-electron chi connectivity index (χ0n) is 27.6. The SMILES string of the molecule is COC(=O)[C@@H]1COC(=O)c2ccc3c(c4ccccc4c(O)c3c2)OC(NC(C)=O)C(=O)NC(C)(C)C(=O)NC(C)(C)C(=O)NCC(=O)N1. The number of hydrogen-bond acceptors (Lipinski definition) is 11. The average Bonchev–Trinajstić information content (AvgIpc) is 3.04. The predicted molar refractivity (Wildman–Crippen MR) is 173 cm³/mol. The number of phenolic OH excluding ortho intramolecular Hbond substituents is 1. The van der Waals surface area contributed by atoms with Crippen LogP contribution < -0.4 is 31.3 Å². The van der Waals surface area contributed by atoms with Crippen molar-refractivity contribution >= 4 is 63.0 Å². The van der Waals surface area contributed by atoms with Crippen molar-refractivity contribution in [3.8, 4) is 11.5 Å². The lowest BCUT2D eigenvalue weighted by Crippen LogP contribution is -2.65. The van der Waals surface area contributed by atoms with Gasteiger partial charge in [-0.1, -0.05) is 24.3 Å². The Kier molecular flexibility index (Phi) is 10.3. The summed E-state index contributed by atoms with van der Waals surface area (Å²) in [5.74, 6) is -6.03. The molecule has 16 nitrogen and oxygen atoms in total. The molecule has 0 aliphatic carbocycles. The van der Waals surface area contributed by atoms with Gasteiger partial charge in [-0.25, -0.2) is 9.59 Å². The molecule has 0 fully saturated rings. The smallest absolute Gasteiger partial charge is 0.338 e. The van der Waals surface area contributed by atoms with Crippen LogP contribution in [-0.4, -0.2) is 90.2 Å². The number of carbonyl (C=O) groups is 7. The number of fused-ring (bicyclic) bond motifs is 18. The summed E-state index contributed by atoms with van der Waals surface area (Å²) in [7, 11) is 1.07. The van der Waals surface area contributed by atoms with Gasteiger partial charge >= 0.3 is 11.9 Å². The standard InChI is InChI=1S/C33H37N5O11/c1-16(39)35-27-26(42)37-33(4,5)31(46)38-32(2,3)30(45)34-14-23(40)36-22(29(44)47-6)15-48-28(43)17-11-12-20-21(13-17)24(41)18-9-7-8-10-19(18)25(20)49-27/h7-13,22,27,41H,14-15H2,1-6H3,(H,34,45)(H,35,39)(H,36,40)(H,37,42)(H,38,46)/t22-,27?/m0/s1. The van der Waals surface area contributed by atoms with Gasteiger partial charge in [-0.05, 0) is 45.9 Å². The summed E-state index contributed by atoms with van der Waals surface area (Å²) < 4.78 is 16.2. The molecule has 2 aliphatic heterocycles. The van der Waals surface area contributed by atoms with E-state index in [9.17, 15) is 38.7 Å². The average molecular weight is 680 g/mol. The molecule has 49 heavy (non-hydrogen) atoms. The summed E-state index contributed by atoms with van der Waals surface area (Å²) in [4.78, 5) is 90.4. The lowest BCUT2D eigenvalue weighted by Gasteiger charge is -2.33. The highest BCUT2D eigenvalue weighted by Crippen LogP contribution is 2.42. The quantitative estimate of drug-likeness (QED) is 0.122. The minimum absolute atomic E-state index is 0.0490. The molecule has 0 spiro atoms. The summed E-state index contributed by atoms with van der Waals surface area (Å²) in [5.41, 5.74) is -3.34. The highest BCUT2D eigenvalue weighted by atomic mass is 16.5. The fourth-order valence-corrected chi connectivity index (χ4v) is 4.93. The Hall–Kier alpha value is -5.93. The third kappa shape index (κ3) is 7.97. The van der Waals surface area contributed by atoms with Crippen LogP contribution in [0.1, 0.15) is 45.0 Å². The van der Waals surface area contributed by atoms with Crippen molar-refractivity contribution in [2.45, 2.75) is 58.0 Å². The topological polar surface area (TPSA) is 228 Å². The molecule has 260 valence electrons. The first-order valence-corrected chi connectivity index (χ1v) is 15.0. The second-order valence-electron chi connectivity index (χ2n) is 12.3. The van der Waals surface area contributed by atoms with E-state index in [1.807, 2.05) is 0 Å². The van der Waals surface area contributed by atoms with Crippen LogP contribution >= 0.6 is 0 Å². The summed E-state index contributed by atoms with van der Waals surface area (Å²) in [6.07, 6.45) is -1.70. The molecule has 1 unspecified atom stereocenters. The van der Waals surface area contributed by atoms with Crippen molar-refractivity contribution in [1.29, 1.82) is 0 Å². The number of aromatic hydroxyl groups is 1. The molecule has 0 saturated carbocycles. The fraction of sp³-hybridized carbons (Fsp3) is 0.364. The molecule has 2 heterocycles. The third-order valence-corrected chi connectivity index (χ3v) is 7.60. The Morgan fingerprint density at radius 3 is 2.18 bits per heavy atom. The maximum atomic E-state index is 13.6. The Morgan fingerprint density at radius 2 is 1.53 bits per heavy atom. The van der Waals surface area contributed by atoms with Crippen molar-refractivity contribution in [3.05, 3.63) is 48.0 Å². The van der Waals surface area contributed by atoms with Crippen molar-refractivity contribution in [1.82, 2.24) is 26.6 Å². The Balaban J connectivity index is 1.86. The number of methoxy groups -OCH3 is 1. The Morgan fingerprint density at radius 1 is 0.898 bits per heavy atom. The van der Waals surface area contributed by atoms with Crippen LogP contribution in [0, 0.1) is 0 Å². The monoisotopic (exact) mass is 679 g/mol. The molecule has 3 aromatic rings. The van der Waals surface area contributed by atoms with Gasteiger partial charge in [0.05, 0.1) is 19.2 Å². The number of nitrogens with one attached hydrogen (secondary N) is 5. The van der Waals surface area contributed by atoms with E-state index in [0.717, 1.165) is 14.0 Å². The van der Waals surface area contributed by atoms with Crippen molar-refractivity contribution in [2.24, 2.45) is 0 Å². The molecular weight excluding hydrogens is 642 g/mol. The van der Waals surface area contributed by atoms with E-state index < -0.39 is 78.0 Å². The zero-order chi connectivity index (χ0) is 36.3. The lowest BCUT2D eigenvalue weighted by molar-refractivity contribution is -0.146. The van der Waals surface area contributed by atoms with Gasteiger partial charge in [-0.15, -0.1) is 0 Å². The van der Waals surface area contributed by atoms with E-state index in [2.05, 4.69) is 26.6 Å². The number of phenols is 1. The van der Waals surface area contributed by atoms with Crippen LogP contribution in [0.4, 0.5) is 0 Å². The minimum atomic E-state index is -1.70. The van der Waals surface area contributed by atoms with Crippen LogP contribution in [0.25, 0.3) is 21.5 Å². The highest BCUT2D eigenvalue weighted by molar-refractivity contribution is 6.12. The second-order valence-corrected chi connectivity index (χ2v) is 12.3. The van der Waals surface area contributed by atoms with Crippen LogP contribution in [0.5, 0.6) is 11.5 Å². The first-order chi connectivity index (χ1) is 22.9. The van der Waals surface area contributed by atoms with E-state index in [0.29, 0.717) is 5.39 Å². The van der Waals surface area contributed by atoms with Crippen molar-refractivity contribution in [2.75, 3.05) is 20.3 Å². The normalized spacial score (nSPS) is 20.4. The van der Waals surface area contributed by atoms with Gasteiger partial charge in [0.25, 0.3) is 12.1 Å². The molecule has 5 rings (SSSR count). The predicted octanol–water partition coefficient (Wildman–Crippen LogP) is 0.274. The van der Waals surface area contributed by atoms with E-state index >= 15 is 0 Å². The zero-order valence-corrected chi connectivity index (χ0v) is 27.6. The van der Waals surface area contributed by atoms with Gasteiger partial charge in [0.15, 0.2) is 6.04 Å². The van der Waals surface area contributed by atoms with Gasteiger partial charge in [-0.2, -0.15) is 0 Å². The van der Waals surface area contributed by atoms with Gasteiger partial charge in [-0.3, -0.25) is 24.0 Å². The number of amides is 5. The lowest BCUT2D eigenvalue weighted by atomic mass is 9.98.